The van der Waals surface area contributed by atoms with Gasteiger partial charge in [-0.05, 0) is 29.7 Å². The Balaban J connectivity index is 1.35. The van der Waals surface area contributed by atoms with Gasteiger partial charge in [0.1, 0.15) is 17.3 Å². The molecule has 1 aromatic heterocycles. The highest BCUT2D eigenvalue weighted by Gasteiger charge is 2.17. The Hall–Kier alpha value is -2.84. The van der Waals surface area contributed by atoms with E-state index < -0.39 is 23.4 Å². The van der Waals surface area contributed by atoms with Gasteiger partial charge in [-0.25, -0.2) is 18.6 Å². The van der Waals surface area contributed by atoms with Crippen LogP contribution in [0.15, 0.2) is 47.8 Å². The molecule has 5 nitrogen and oxygen atoms in total. The van der Waals surface area contributed by atoms with Crippen molar-refractivity contribution < 1.29 is 13.6 Å². The number of benzene rings is 2. The van der Waals surface area contributed by atoms with E-state index >= 15 is 0 Å². The molecule has 3 aromatic rings. The minimum absolute atomic E-state index is 0.377. The van der Waals surface area contributed by atoms with Crippen LogP contribution in [0.25, 0.3) is 0 Å². The quantitative estimate of drug-likeness (QED) is 0.672. The molecule has 0 fully saturated rings. The number of nitrogens with zero attached hydrogens (tertiary/aromatic N) is 2. The first-order chi connectivity index (χ1) is 13.6. The molecular weight excluding hydrogens is 382 g/mol. The monoisotopic (exact) mass is 400 g/mol. The van der Waals surface area contributed by atoms with Gasteiger partial charge >= 0.3 is 6.03 Å². The van der Waals surface area contributed by atoms with Crippen molar-refractivity contribution >= 4 is 28.2 Å². The number of urea groups is 1. The first-order valence-electron chi connectivity index (χ1n) is 8.84. The van der Waals surface area contributed by atoms with Gasteiger partial charge in [0.25, 0.3) is 0 Å². The standard InChI is InChI=1S/C20H18F2N4OS/c21-16-6-3-7-17(22)18(16)24-19(27)25-20-23-15(12-28-20)11-26-9-8-13-4-1-2-5-14(13)10-26/h1-7,12H,8-11H2,(H2,23,24,25,27). The zero-order chi connectivity index (χ0) is 19.5. The maximum Gasteiger partial charge on any atom is 0.325 e. The smallest absolute Gasteiger partial charge is 0.302 e. The number of rotatable bonds is 4. The van der Waals surface area contributed by atoms with E-state index in [9.17, 15) is 13.6 Å². The summed E-state index contributed by atoms with van der Waals surface area (Å²) in [6.45, 7) is 2.49. The van der Waals surface area contributed by atoms with Crippen molar-refractivity contribution in [3.05, 3.63) is 76.3 Å². The summed E-state index contributed by atoms with van der Waals surface area (Å²) in [5, 5.41) is 6.96. The number of hydrogen-bond acceptors (Lipinski definition) is 4. The van der Waals surface area contributed by atoms with E-state index in [1.165, 1.54) is 28.5 Å². The summed E-state index contributed by atoms with van der Waals surface area (Å²) in [7, 11) is 0. The molecule has 0 unspecified atom stereocenters. The SMILES string of the molecule is O=C(Nc1nc(CN2CCc3ccccc3C2)cs1)Nc1c(F)cccc1F. The molecule has 28 heavy (non-hydrogen) atoms. The van der Waals surface area contributed by atoms with Gasteiger partial charge in [0, 0.05) is 25.0 Å². The fourth-order valence-electron chi connectivity index (χ4n) is 3.21. The third-order valence-electron chi connectivity index (χ3n) is 4.57. The van der Waals surface area contributed by atoms with Crippen molar-refractivity contribution in [1.29, 1.82) is 0 Å². The minimum atomic E-state index is -0.833. The van der Waals surface area contributed by atoms with Crippen molar-refractivity contribution in [2.24, 2.45) is 0 Å². The first-order valence-corrected chi connectivity index (χ1v) is 9.72. The number of carbonyl (C=O) groups excluding carboxylic acids is 1. The van der Waals surface area contributed by atoms with E-state index in [0.29, 0.717) is 11.7 Å². The van der Waals surface area contributed by atoms with Crippen molar-refractivity contribution in [2.75, 3.05) is 17.2 Å². The summed E-state index contributed by atoms with van der Waals surface area (Å²) < 4.78 is 27.2. The Bertz CT molecular complexity index is 987. The average molecular weight is 400 g/mol. The molecule has 0 radical (unpaired) electrons. The zero-order valence-corrected chi connectivity index (χ0v) is 15.7. The zero-order valence-electron chi connectivity index (χ0n) is 14.9. The van der Waals surface area contributed by atoms with Crippen LogP contribution < -0.4 is 10.6 Å². The molecule has 2 N–H and O–H groups in total. The van der Waals surface area contributed by atoms with E-state index in [1.54, 1.807) is 0 Å². The summed E-state index contributed by atoms with van der Waals surface area (Å²) >= 11 is 1.27. The average Bonchev–Trinajstić information content (AvgIpc) is 3.11. The summed E-state index contributed by atoms with van der Waals surface area (Å²) in [5.74, 6) is -1.67. The number of aromatic nitrogens is 1. The van der Waals surface area contributed by atoms with E-state index in [0.717, 1.165) is 37.3 Å². The second kappa shape index (κ2) is 8.04. The van der Waals surface area contributed by atoms with Crippen LogP contribution in [-0.4, -0.2) is 22.5 Å². The molecule has 0 saturated heterocycles. The van der Waals surface area contributed by atoms with Crippen LogP contribution >= 0.6 is 11.3 Å². The molecular formula is C20H18F2N4OS. The predicted octanol–water partition coefficient (Wildman–Crippen LogP) is 4.62. The van der Waals surface area contributed by atoms with Gasteiger partial charge < -0.3 is 5.32 Å². The lowest BCUT2D eigenvalue weighted by atomic mass is 10.00. The summed E-state index contributed by atoms with van der Waals surface area (Å²) in [4.78, 5) is 18.7. The number of para-hydroxylation sites is 1. The van der Waals surface area contributed by atoms with Gasteiger partial charge in [0.2, 0.25) is 0 Å². The number of fused-ring (bicyclic) bond motifs is 1. The molecule has 0 spiro atoms. The van der Waals surface area contributed by atoms with Gasteiger partial charge in [0.15, 0.2) is 5.13 Å². The lowest BCUT2D eigenvalue weighted by Crippen LogP contribution is -2.30. The molecule has 0 atom stereocenters. The van der Waals surface area contributed by atoms with Gasteiger partial charge in [0.05, 0.1) is 5.69 Å². The largest absolute Gasteiger partial charge is 0.325 e. The highest BCUT2D eigenvalue weighted by atomic mass is 32.1. The Morgan fingerprint density at radius 3 is 2.61 bits per heavy atom. The van der Waals surface area contributed by atoms with Crippen LogP contribution in [0.4, 0.5) is 24.4 Å². The van der Waals surface area contributed by atoms with E-state index in [-0.39, 0.29) is 0 Å². The number of nitrogens with one attached hydrogen (secondary N) is 2. The van der Waals surface area contributed by atoms with Gasteiger partial charge in [-0.2, -0.15) is 0 Å². The lowest BCUT2D eigenvalue weighted by Gasteiger charge is -2.27. The molecule has 2 heterocycles. The number of hydrogen-bond donors (Lipinski definition) is 2. The van der Waals surface area contributed by atoms with Gasteiger partial charge in [-0.15, -0.1) is 11.3 Å². The summed E-state index contributed by atoms with van der Waals surface area (Å²) in [6, 6.07) is 11.1. The van der Waals surface area contributed by atoms with Crippen LogP contribution in [0.2, 0.25) is 0 Å². The molecule has 1 aliphatic heterocycles. The first kappa shape index (κ1) is 18.5. The Kier molecular flexibility index (Phi) is 5.31. The third kappa shape index (κ3) is 4.18. The second-order valence-electron chi connectivity index (χ2n) is 6.55. The molecule has 8 heteroatoms. The van der Waals surface area contributed by atoms with Gasteiger partial charge in [-0.1, -0.05) is 30.3 Å². The molecule has 0 bridgehead atoms. The fourth-order valence-corrected chi connectivity index (χ4v) is 3.91. The number of amides is 2. The van der Waals surface area contributed by atoms with Crippen LogP contribution in [-0.2, 0) is 19.5 Å². The normalized spacial score (nSPS) is 13.8. The van der Waals surface area contributed by atoms with Crippen molar-refractivity contribution in [2.45, 2.75) is 19.5 Å². The molecule has 4 rings (SSSR count). The summed E-state index contributed by atoms with van der Waals surface area (Å²) in [6.07, 6.45) is 1.00. The van der Waals surface area contributed by atoms with Crippen molar-refractivity contribution in [3.8, 4) is 0 Å². The van der Waals surface area contributed by atoms with Crippen molar-refractivity contribution in [3.63, 3.8) is 0 Å². The highest BCUT2D eigenvalue weighted by Crippen LogP contribution is 2.23. The lowest BCUT2D eigenvalue weighted by molar-refractivity contribution is 0.243. The van der Waals surface area contributed by atoms with E-state index in [1.807, 2.05) is 11.4 Å². The molecule has 2 amide bonds. The molecule has 2 aromatic carbocycles. The maximum absolute atomic E-state index is 13.6. The predicted molar refractivity (Wildman–Crippen MR) is 105 cm³/mol. The fraction of sp³-hybridized carbons (Fsp3) is 0.200. The Morgan fingerprint density at radius 2 is 1.82 bits per heavy atom. The molecule has 1 aliphatic rings. The number of halogens is 2. The van der Waals surface area contributed by atoms with Crippen LogP contribution in [0.3, 0.4) is 0 Å². The number of thiazole rings is 1. The van der Waals surface area contributed by atoms with E-state index in [2.05, 4.69) is 38.7 Å². The topological polar surface area (TPSA) is 57.3 Å². The Morgan fingerprint density at radius 1 is 1.07 bits per heavy atom. The van der Waals surface area contributed by atoms with Crippen LogP contribution in [0.1, 0.15) is 16.8 Å². The summed E-state index contributed by atoms with van der Waals surface area (Å²) in [5.41, 5.74) is 3.07. The molecule has 144 valence electrons. The van der Waals surface area contributed by atoms with Crippen LogP contribution in [0, 0.1) is 11.6 Å². The number of anilines is 2. The maximum atomic E-state index is 13.6. The second-order valence-corrected chi connectivity index (χ2v) is 7.41. The molecule has 0 saturated carbocycles. The Labute approximate surface area is 165 Å². The molecule has 0 aliphatic carbocycles. The highest BCUT2D eigenvalue weighted by molar-refractivity contribution is 7.13. The van der Waals surface area contributed by atoms with E-state index in [4.69, 9.17) is 0 Å². The number of carbonyl (C=O) groups is 1. The third-order valence-corrected chi connectivity index (χ3v) is 5.38. The van der Waals surface area contributed by atoms with Crippen LogP contribution in [0.5, 0.6) is 0 Å². The van der Waals surface area contributed by atoms with Crippen molar-refractivity contribution in [1.82, 2.24) is 9.88 Å². The van der Waals surface area contributed by atoms with Gasteiger partial charge in [-0.3, -0.25) is 10.2 Å². The minimum Gasteiger partial charge on any atom is -0.302 e.